The summed E-state index contributed by atoms with van der Waals surface area (Å²) in [7, 11) is 0. The van der Waals surface area contributed by atoms with Gasteiger partial charge in [-0.25, -0.2) is 0 Å². The van der Waals surface area contributed by atoms with E-state index in [-0.39, 0.29) is 0 Å². The van der Waals surface area contributed by atoms with Crippen LogP contribution in [0.15, 0.2) is 0 Å². The first-order valence-electron chi connectivity index (χ1n) is 10.5. The van der Waals surface area contributed by atoms with Crippen molar-refractivity contribution in [3.63, 3.8) is 0 Å². The second kappa shape index (κ2) is 12.4. The zero-order chi connectivity index (χ0) is 17.9. The Morgan fingerprint density at radius 1 is 0.609 bits per heavy atom. The van der Waals surface area contributed by atoms with Gasteiger partial charge in [0.2, 0.25) is 0 Å². The Balaban J connectivity index is 5.39. The van der Waals surface area contributed by atoms with Crippen molar-refractivity contribution in [1.82, 2.24) is 0 Å². The van der Waals surface area contributed by atoms with Crippen LogP contribution in [0.4, 0.5) is 0 Å². The van der Waals surface area contributed by atoms with Gasteiger partial charge < -0.3 is 0 Å². The Morgan fingerprint density at radius 3 is 1.26 bits per heavy atom. The third kappa shape index (κ3) is 7.44. The van der Waals surface area contributed by atoms with Gasteiger partial charge in [-0.2, -0.15) is 0 Å². The fraction of sp³-hybridized carbons (Fsp3) is 1.00. The summed E-state index contributed by atoms with van der Waals surface area (Å²) >= 11 is -4.36. The molecule has 140 valence electrons. The molecule has 0 unspecified atom stereocenters. The van der Waals surface area contributed by atoms with E-state index in [1.165, 1.54) is 59.5 Å². The molecule has 0 aromatic carbocycles. The van der Waals surface area contributed by atoms with Crippen molar-refractivity contribution in [2.24, 2.45) is 0 Å². The fourth-order valence-electron chi connectivity index (χ4n) is 4.00. The van der Waals surface area contributed by atoms with Crippen molar-refractivity contribution in [3.05, 3.63) is 0 Å². The standard InChI is InChI=1S/C20H46Ge2O/c1-9-13-15-17-22(20(7)8,18-16-14-10-2)23-21(11-3,12-4)19(5)6/h19-20H,9-18H2,1-8H3. The Morgan fingerprint density at radius 2 is 1.00 bits per heavy atom. The van der Waals surface area contributed by atoms with E-state index in [4.69, 9.17) is 2.79 Å². The van der Waals surface area contributed by atoms with E-state index in [0.717, 1.165) is 9.50 Å². The Bertz CT molecular complexity index is 275. The zero-order valence-corrected chi connectivity index (χ0v) is 21.8. The Hall–Kier alpha value is 1.05. The minimum absolute atomic E-state index is 0.811. The van der Waals surface area contributed by atoms with Gasteiger partial charge in [0.1, 0.15) is 0 Å². The van der Waals surface area contributed by atoms with Crippen LogP contribution in [0, 0.1) is 0 Å². The van der Waals surface area contributed by atoms with Crippen LogP contribution >= 0.6 is 0 Å². The van der Waals surface area contributed by atoms with Gasteiger partial charge in [-0.3, -0.25) is 0 Å². The van der Waals surface area contributed by atoms with Crippen molar-refractivity contribution in [2.75, 3.05) is 0 Å². The molecule has 0 N–H and O–H groups in total. The van der Waals surface area contributed by atoms with E-state index < -0.39 is 27.2 Å². The van der Waals surface area contributed by atoms with Crippen LogP contribution in [0.5, 0.6) is 0 Å². The Labute approximate surface area is 154 Å². The van der Waals surface area contributed by atoms with Gasteiger partial charge in [0, 0.05) is 0 Å². The van der Waals surface area contributed by atoms with Crippen LogP contribution in [0.25, 0.3) is 0 Å². The van der Waals surface area contributed by atoms with Gasteiger partial charge in [0.15, 0.2) is 0 Å². The van der Waals surface area contributed by atoms with Crippen LogP contribution in [0.2, 0.25) is 30.5 Å². The number of rotatable bonds is 14. The molecule has 0 amide bonds. The van der Waals surface area contributed by atoms with Crippen LogP contribution in [-0.2, 0) is 2.79 Å². The van der Waals surface area contributed by atoms with Crippen molar-refractivity contribution in [3.8, 4) is 0 Å². The van der Waals surface area contributed by atoms with Crippen molar-refractivity contribution < 1.29 is 2.79 Å². The van der Waals surface area contributed by atoms with E-state index in [1.54, 1.807) is 0 Å². The molecule has 0 saturated carbocycles. The molecule has 0 bridgehead atoms. The molecule has 0 saturated heterocycles. The van der Waals surface area contributed by atoms with Crippen molar-refractivity contribution >= 4 is 27.2 Å². The number of unbranched alkanes of at least 4 members (excludes halogenated alkanes) is 4. The summed E-state index contributed by atoms with van der Waals surface area (Å²) in [5, 5.41) is 5.65. The van der Waals surface area contributed by atoms with Crippen LogP contribution in [0.3, 0.4) is 0 Å². The minimum atomic E-state index is -2.22. The molecule has 0 aromatic rings. The summed E-state index contributed by atoms with van der Waals surface area (Å²) in [4.78, 5) is 0. The Kier molecular flexibility index (Phi) is 13.0. The monoisotopic (exact) mass is 450 g/mol. The van der Waals surface area contributed by atoms with Crippen molar-refractivity contribution in [2.45, 2.75) is 124 Å². The first-order chi connectivity index (χ1) is 10.8. The summed E-state index contributed by atoms with van der Waals surface area (Å²) < 4.78 is 9.15. The molecule has 0 spiro atoms. The second-order valence-corrected chi connectivity index (χ2v) is 29.7. The molecule has 0 aliphatic carbocycles. The molecule has 0 rings (SSSR count). The van der Waals surface area contributed by atoms with Gasteiger partial charge in [-0.15, -0.1) is 0 Å². The normalized spacial score (nSPS) is 13.3. The maximum absolute atomic E-state index is 7.52. The molecule has 23 heavy (non-hydrogen) atoms. The van der Waals surface area contributed by atoms with Gasteiger partial charge >= 0.3 is 154 Å². The molecule has 0 fully saturated rings. The number of hydrogen-bond donors (Lipinski definition) is 0. The predicted octanol–water partition coefficient (Wildman–Crippen LogP) is 8.13. The van der Waals surface area contributed by atoms with Gasteiger partial charge in [-0.05, 0) is 0 Å². The molecule has 1 nitrogen and oxygen atoms in total. The molecule has 0 heterocycles. The molecule has 0 radical (unpaired) electrons. The van der Waals surface area contributed by atoms with Crippen LogP contribution < -0.4 is 0 Å². The molecule has 0 aliphatic heterocycles. The van der Waals surface area contributed by atoms with E-state index in [1.807, 2.05) is 0 Å². The van der Waals surface area contributed by atoms with Gasteiger partial charge in [0.05, 0.1) is 0 Å². The first kappa shape index (κ1) is 24.0. The van der Waals surface area contributed by atoms with E-state index >= 15 is 0 Å². The molecule has 0 aliphatic rings. The molecule has 3 heteroatoms. The first-order valence-corrected chi connectivity index (χ1v) is 20.6. The van der Waals surface area contributed by atoms with E-state index in [9.17, 15) is 0 Å². The third-order valence-corrected chi connectivity index (χ3v) is 35.6. The average molecular weight is 448 g/mol. The predicted molar refractivity (Wildman–Crippen MR) is 112 cm³/mol. The SMILES string of the molecule is CCCC[CH2][Ge]([CH2]CCCC)([O][Ge]([CH2]C)([CH2]C)[CH](C)C)[CH](C)C. The summed E-state index contributed by atoms with van der Waals surface area (Å²) in [5.41, 5.74) is 0. The van der Waals surface area contributed by atoms with Crippen LogP contribution in [0.1, 0.15) is 93.9 Å². The topological polar surface area (TPSA) is 9.23 Å². The summed E-state index contributed by atoms with van der Waals surface area (Å²) in [5.74, 6) is 0. The molecular weight excluding hydrogens is 401 g/mol. The van der Waals surface area contributed by atoms with Gasteiger partial charge in [-0.1, -0.05) is 0 Å². The molecule has 0 atom stereocenters. The zero-order valence-electron chi connectivity index (χ0n) is 17.6. The second-order valence-electron chi connectivity index (χ2n) is 8.16. The van der Waals surface area contributed by atoms with Crippen LogP contribution in [-0.4, -0.2) is 27.2 Å². The summed E-state index contributed by atoms with van der Waals surface area (Å²) in [6, 6.07) is 0. The van der Waals surface area contributed by atoms with E-state index in [0.29, 0.717) is 0 Å². The van der Waals surface area contributed by atoms with Crippen molar-refractivity contribution in [1.29, 1.82) is 0 Å². The summed E-state index contributed by atoms with van der Waals surface area (Å²) in [6.45, 7) is 19.4. The number of hydrogen-bond acceptors (Lipinski definition) is 1. The quantitative estimate of drug-likeness (QED) is 0.193. The summed E-state index contributed by atoms with van der Waals surface area (Å²) in [6.07, 6.45) is 8.32. The molecular formula is C20H46Ge2O. The van der Waals surface area contributed by atoms with Gasteiger partial charge in [0.25, 0.3) is 0 Å². The fourth-order valence-corrected chi connectivity index (χ4v) is 38.0. The maximum atomic E-state index is 7.52. The average Bonchev–Trinajstić information content (AvgIpc) is 2.52. The third-order valence-electron chi connectivity index (χ3n) is 6.11. The van der Waals surface area contributed by atoms with E-state index in [2.05, 4.69) is 55.4 Å². The molecule has 0 aromatic heterocycles.